The van der Waals surface area contributed by atoms with Crippen molar-refractivity contribution in [2.75, 3.05) is 13.2 Å². The lowest BCUT2D eigenvalue weighted by molar-refractivity contribution is 0.282. The van der Waals surface area contributed by atoms with Crippen molar-refractivity contribution >= 4 is 0 Å². The molecule has 0 spiro atoms. The molecule has 2 nitrogen and oxygen atoms in total. The van der Waals surface area contributed by atoms with Gasteiger partial charge in [0.15, 0.2) is 0 Å². The molecule has 0 heterocycles. The fourth-order valence-electron chi connectivity index (χ4n) is 1.48. The Balaban J connectivity index is 2.99. The largest absolute Gasteiger partial charge is 0.494 e. The molecule has 0 aromatic heterocycles. The standard InChI is InChI=1S/C13H19O2/c1-4-11-6-12(10(3)9-14)8-13(7-11)15-5-2/h6-8,10,14H,3-5,9H2,1-2H3. The Hall–Kier alpha value is -1.02. The summed E-state index contributed by atoms with van der Waals surface area (Å²) in [6.45, 7) is 8.69. The van der Waals surface area contributed by atoms with Crippen LogP contribution >= 0.6 is 0 Å². The first-order valence-electron chi connectivity index (χ1n) is 5.41. The summed E-state index contributed by atoms with van der Waals surface area (Å²) in [7, 11) is 0. The SMILES string of the molecule is [CH2]C(CO)c1cc(CC)cc(OCC)c1. The van der Waals surface area contributed by atoms with E-state index in [-0.39, 0.29) is 12.5 Å². The van der Waals surface area contributed by atoms with E-state index in [1.54, 1.807) is 0 Å². The lowest BCUT2D eigenvalue weighted by atomic mass is 9.98. The van der Waals surface area contributed by atoms with E-state index < -0.39 is 0 Å². The highest BCUT2D eigenvalue weighted by molar-refractivity contribution is 5.36. The molecule has 15 heavy (non-hydrogen) atoms. The van der Waals surface area contributed by atoms with Crippen molar-refractivity contribution in [2.45, 2.75) is 26.2 Å². The van der Waals surface area contributed by atoms with Crippen LogP contribution in [-0.4, -0.2) is 18.3 Å². The van der Waals surface area contributed by atoms with Gasteiger partial charge in [0.05, 0.1) is 6.61 Å². The predicted octanol–water partition coefficient (Wildman–Crippen LogP) is 2.56. The van der Waals surface area contributed by atoms with Crippen LogP contribution in [0.5, 0.6) is 5.75 Å². The van der Waals surface area contributed by atoms with Gasteiger partial charge in [-0.1, -0.05) is 13.0 Å². The van der Waals surface area contributed by atoms with Gasteiger partial charge in [-0.2, -0.15) is 0 Å². The van der Waals surface area contributed by atoms with E-state index >= 15 is 0 Å². The van der Waals surface area contributed by atoms with Crippen molar-refractivity contribution in [1.29, 1.82) is 0 Å². The molecule has 1 aromatic carbocycles. The monoisotopic (exact) mass is 207 g/mol. The highest BCUT2D eigenvalue weighted by Crippen LogP contribution is 2.23. The normalized spacial score (nSPS) is 12.5. The van der Waals surface area contributed by atoms with Crippen molar-refractivity contribution < 1.29 is 9.84 Å². The molecule has 1 atom stereocenters. The minimum absolute atomic E-state index is 0.0682. The van der Waals surface area contributed by atoms with Crippen LogP contribution in [0.15, 0.2) is 18.2 Å². The maximum absolute atomic E-state index is 9.07. The van der Waals surface area contributed by atoms with Crippen molar-refractivity contribution in [3.05, 3.63) is 36.2 Å². The van der Waals surface area contributed by atoms with Gasteiger partial charge < -0.3 is 9.84 Å². The van der Waals surface area contributed by atoms with Gasteiger partial charge >= 0.3 is 0 Å². The van der Waals surface area contributed by atoms with E-state index in [4.69, 9.17) is 9.84 Å². The number of hydrogen-bond acceptors (Lipinski definition) is 2. The Morgan fingerprint density at radius 3 is 2.60 bits per heavy atom. The lowest BCUT2D eigenvalue weighted by Crippen LogP contribution is -2.02. The molecule has 0 fully saturated rings. The molecule has 0 saturated heterocycles. The van der Waals surface area contributed by atoms with Crippen LogP contribution in [0, 0.1) is 6.92 Å². The smallest absolute Gasteiger partial charge is 0.119 e. The number of rotatable bonds is 5. The van der Waals surface area contributed by atoms with E-state index in [0.717, 1.165) is 17.7 Å². The van der Waals surface area contributed by atoms with E-state index in [1.807, 2.05) is 19.1 Å². The number of aliphatic hydroxyl groups is 1. The Labute approximate surface area is 91.9 Å². The van der Waals surface area contributed by atoms with Gasteiger partial charge in [0, 0.05) is 12.5 Å². The molecule has 1 unspecified atom stereocenters. The number of ether oxygens (including phenoxy) is 1. The summed E-state index contributed by atoms with van der Waals surface area (Å²) >= 11 is 0. The fourth-order valence-corrected chi connectivity index (χ4v) is 1.48. The minimum Gasteiger partial charge on any atom is -0.494 e. The van der Waals surface area contributed by atoms with Crippen LogP contribution in [0.4, 0.5) is 0 Å². The van der Waals surface area contributed by atoms with Gasteiger partial charge in [0.2, 0.25) is 0 Å². The molecule has 1 N–H and O–H groups in total. The third kappa shape index (κ3) is 3.24. The summed E-state index contributed by atoms with van der Waals surface area (Å²) in [5, 5.41) is 9.07. The minimum atomic E-state index is -0.0734. The Kier molecular flexibility index (Phi) is 4.63. The molecule has 0 aliphatic heterocycles. The quantitative estimate of drug-likeness (QED) is 0.804. The summed E-state index contributed by atoms with van der Waals surface area (Å²) in [5.74, 6) is 0.796. The molecule has 1 radical (unpaired) electrons. The molecule has 2 heteroatoms. The van der Waals surface area contributed by atoms with E-state index in [0.29, 0.717) is 6.61 Å². The van der Waals surface area contributed by atoms with Crippen LogP contribution in [-0.2, 0) is 6.42 Å². The zero-order chi connectivity index (χ0) is 11.3. The lowest BCUT2D eigenvalue weighted by Gasteiger charge is -2.13. The average Bonchev–Trinajstić information content (AvgIpc) is 2.28. The van der Waals surface area contributed by atoms with Crippen LogP contribution < -0.4 is 4.74 Å². The second-order valence-electron chi connectivity index (χ2n) is 3.58. The first-order valence-corrected chi connectivity index (χ1v) is 5.41. The first-order chi connectivity index (χ1) is 7.21. The molecule has 1 aromatic rings. The van der Waals surface area contributed by atoms with Gasteiger partial charge in [0.25, 0.3) is 0 Å². The summed E-state index contributed by atoms with van der Waals surface area (Å²) in [6, 6.07) is 6.07. The van der Waals surface area contributed by atoms with Crippen molar-refractivity contribution in [1.82, 2.24) is 0 Å². The molecule has 0 saturated carbocycles. The van der Waals surface area contributed by atoms with Gasteiger partial charge in [-0.15, -0.1) is 0 Å². The molecular weight excluding hydrogens is 188 g/mol. The molecule has 83 valence electrons. The van der Waals surface area contributed by atoms with Crippen molar-refractivity contribution in [3.8, 4) is 5.75 Å². The van der Waals surface area contributed by atoms with E-state index in [2.05, 4.69) is 19.9 Å². The molecule has 0 bridgehead atoms. The van der Waals surface area contributed by atoms with Gasteiger partial charge in [-0.05, 0) is 43.5 Å². The highest BCUT2D eigenvalue weighted by Gasteiger charge is 2.07. The topological polar surface area (TPSA) is 29.5 Å². The first kappa shape index (κ1) is 12.1. The van der Waals surface area contributed by atoms with Crippen LogP contribution in [0.25, 0.3) is 0 Å². The zero-order valence-electron chi connectivity index (χ0n) is 9.49. The highest BCUT2D eigenvalue weighted by atomic mass is 16.5. The fraction of sp³-hybridized carbons (Fsp3) is 0.462. The van der Waals surface area contributed by atoms with Crippen molar-refractivity contribution in [3.63, 3.8) is 0 Å². The third-order valence-electron chi connectivity index (χ3n) is 2.40. The Morgan fingerprint density at radius 1 is 1.33 bits per heavy atom. The Morgan fingerprint density at radius 2 is 2.07 bits per heavy atom. The molecule has 1 rings (SSSR count). The van der Waals surface area contributed by atoms with Crippen LogP contribution in [0.3, 0.4) is 0 Å². The van der Waals surface area contributed by atoms with Crippen LogP contribution in [0.1, 0.15) is 30.9 Å². The summed E-state index contributed by atoms with van der Waals surface area (Å²) in [4.78, 5) is 0. The average molecular weight is 207 g/mol. The summed E-state index contributed by atoms with van der Waals surface area (Å²) < 4.78 is 5.47. The molecule has 0 aliphatic rings. The van der Waals surface area contributed by atoms with E-state index in [1.165, 1.54) is 5.56 Å². The van der Waals surface area contributed by atoms with Gasteiger partial charge in [-0.3, -0.25) is 0 Å². The van der Waals surface area contributed by atoms with Gasteiger partial charge in [-0.25, -0.2) is 0 Å². The predicted molar refractivity (Wildman–Crippen MR) is 62.2 cm³/mol. The summed E-state index contributed by atoms with van der Waals surface area (Å²) in [6.07, 6.45) is 0.964. The summed E-state index contributed by atoms with van der Waals surface area (Å²) in [5.41, 5.74) is 2.26. The van der Waals surface area contributed by atoms with Gasteiger partial charge in [0.1, 0.15) is 5.75 Å². The number of benzene rings is 1. The third-order valence-corrected chi connectivity index (χ3v) is 2.40. The van der Waals surface area contributed by atoms with Crippen molar-refractivity contribution in [2.24, 2.45) is 0 Å². The molecule has 0 aliphatic carbocycles. The van der Waals surface area contributed by atoms with E-state index in [9.17, 15) is 0 Å². The van der Waals surface area contributed by atoms with Crippen LogP contribution in [0.2, 0.25) is 0 Å². The number of aryl methyl sites for hydroxylation is 1. The molecular formula is C13H19O2. The second kappa shape index (κ2) is 5.76. The number of aliphatic hydroxyl groups excluding tert-OH is 1. The molecule has 0 amide bonds. The Bertz CT molecular complexity index is 307. The maximum Gasteiger partial charge on any atom is 0.119 e. The zero-order valence-corrected chi connectivity index (χ0v) is 9.49. The maximum atomic E-state index is 9.07. The number of hydrogen-bond donors (Lipinski definition) is 1. The second-order valence-corrected chi connectivity index (χ2v) is 3.58.